The Balaban J connectivity index is 1.96. The first-order valence-corrected chi connectivity index (χ1v) is 9.62. The van der Waals surface area contributed by atoms with Gasteiger partial charge in [0, 0.05) is 39.3 Å². The van der Waals surface area contributed by atoms with Crippen LogP contribution in [0.3, 0.4) is 0 Å². The van der Waals surface area contributed by atoms with Gasteiger partial charge < -0.3 is 0 Å². The zero-order chi connectivity index (χ0) is 10.2. The minimum atomic E-state index is 0.839. The van der Waals surface area contributed by atoms with Crippen LogP contribution < -0.4 is 0 Å². The Morgan fingerprint density at radius 3 is 2.93 bits per heavy atom. The Labute approximate surface area is 106 Å². The van der Waals surface area contributed by atoms with E-state index in [1.165, 1.54) is 34.5 Å². The van der Waals surface area contributed by atoms with Gasteiger partial charge >= 0.3 is 0 Å². The molecule has 0 spiro atoms. The fourth-order valence-electron chi connectivity index (χ4n) is 1.33. The Kier molecular flexibility index (Phi) is 8.21. The van der Waals surface area contributed by atoms with E-state index in [0.29, 0.717) is 0 Å². The van der Waals surface area contributed by atoms with Crippen molar-refractivity contribution in [1.29, 1.82) is 0 Å². The van der Waals surface area contributed by atoms with Crippen molar-refractivity contribution >= 4 is 47.0 Å². The normalized spacial score (nSPS) is 24.9. The Morgan fingerprint density at radius 1 is 1.43 bits per heavy atom. The van der Waals surface area contributed by atoms with Gasteiger partial charge in [0.1, 0.15) is 0 Å². The molecule has 1 aliphatic heterocycles. The summed E-state index contributed by atoms with van der Waals surface area (Å²) in [5, 5.41) is 1.77. The molecule has 2 unspecified atom stereocenters. The molecule has 2 atom stereocenters. The number of thioether (sulfide) groups is 4. The third-order valence-electron chi connectivity index (χ3n) is 1.99. The summed E-state index contributed by atoms with van der Waals surface area (Å²) in [6.07, 6.45) is 0. The van der Waals surface area contributed by atoms with Crippen molar-refractivity contribution in [3.8, 4) is 0 Å². The average Bonchev–Trinajstić information content (AvgIpc) is 2.20. The standard InChI is InChI=1S/C10H20S4/c1-3-13-9(2)6-12-8-10-7-11-4-5-14-10/h9-10H,3-8H2,1-2H3. The van der Waals surface area contributed by atoms with E-state index >= 15 is 0 Å². The van der Waals surface area contributed by atoms with E-state index in [2.05, 4.69) is 60.9 Å². The van der Waals surface area contributed by atoms with E-state index in [-0.39, 0.29) is 0 Å². The van der Waals surface area contributed by atoms with Crippen molar-refractivity contribution in [2.45, 2.75) is 24.3 Å². The second-order valence-corrected chi connectivity index (χ2v) is 8.72. The van der Waals surface area contributed by atoms with Crippen LogP contribution in [0.1, 0.15) is 13.8 Å². The Hall–Kier alpha value is 1.40. The molecule has 14 heavy (non-hydrogen) atoms. The Bertz CT molecular complexity index is 134. The van der Waals surface area contributed by atoms with Gasteiger partial charge in [0.2, 0.25) is 0 Å². The highest BCUT2D eigenvalue weighted by Gasteiger charge is 2.14. The predicted octanol–water partition coefficient (Wildman–Crippen LogP) is 3.71. The van der Waals surface area contributed by atoms with E-state index in [0.717, 1.165) is 10.5 Å². The van der Waals surface area contributed by atoms with Gasteiger partial charge in [-0.2, -0.15) is 47.0 Å². The minimum absolute atomic E-state index is 0.839. The summed E-state index contributed by atoms with van der Waals surface area (Å²) < 4.78 is 0. The minimum Gasteiger partial charge on any atom is -0.160 e. The lowest BCUT2D eigenvalue weighted by molar-refractivity contribution is 1.10. The quantitative estimate of drug-likeness (QED) is 0.720. The Morgan fingerprint density at radius 2 is 2.29 bits per heavy atom. The van der Waals surface area contributed by atoms with Gasteiger partial charge in [-0.15, -0.1) is 0 Å². The van der Waals surface area contributed by atoms with Crippen LogP contribution in [0.4, 0.5) is 0 Å². The maximum absolute atomic E-state index is 2.35. The molecule has 0 bridgehead atoms. The topological polar surface area (TPSA) is 0 Å². The summed E-state index contributed by atoms with van der Waals surface area (Å²) >= 11 is 8.55. The average molecular weight is 269 g/mol. The molecule has 0 nitrogen and oxygen atoms in total. The molecule has 0 aliphatic carbocycles. The summed E-state index contributed by atoms with van der Waals surface area (Å²) in [4.78, 5) is 0. The van der Waals surface area contributed by atoms with Gasteiger partial charge in [-0.25, -0.2) is 0 Å². The largest absolute Gasteiger partial charge is 0.160 e. The van der Waals surface area contributed by atoms with Crippen molar-refractivity contribution in [2.75, 3.05) is 34.5 Å². The van der Waals surface area contributed by atoms with Gasteiger partial charge in [-0.1, -0.05) is 13.8 Å². The van der Waals surface area contributed by atoms with Crippen molar-refractivity contribution in [3.05, 3.63) is 0 Å². The van der Waals surface area contributed by atoms with Crippen LogP contribution >= 0.6 is 47.0 Å². The molecule has 0 aromatic carbocycles. The second-order valence-electron chi connectivity index (χ2n) is 3.37. The third kappa shape index (κ3) is 6.09. The molecule has 1 saturated heterocycles. The van der Waals surface area contributed by atoms with Crippen LogP contribution in [0.15, 0.2) is 0 Å². The fourth-order valence-corrected chi connectivity index (χ4v) is 6.66. The van der Waals surface area contributed by atoms with Crippen LogP contribution in [0.25, 0.3) is 0 Å². The zero-order valence-corrected chi connectivity index (χ0v) is 12.3. The van der Waals surface area contributed by atoms with Gasteiger partial charge in [0.05, 0.1) is 0 Å². The molecule has 0 amide bonds. The molecule has 84 valence electrons. The van der Waals surface area contributed by atoms with E-state index in [4.69, 9.17) is 0 Å². The van der Waals surface area contributed by atoms with Crippen molar-refractivity contribution in [1.82, 2.24) is 0 Å². The number of rotatable bonds is 6. The van der Waals surface area contributed by atoms with Crippen LogP contribution in [0.2, 0.25) is 0 Å². The molecule has 1 heterocycles. The molecule has 0 aromatic rings. The number of hydrogen-bond acceptors (Lipinski definition) is 4. The summed E-state index contributed by atoms with van der Waals surface area (Å²) in [5.74, 6) is 8.08. The molecule has 0 aromatic heterocycles. The molecular weight excluding hydrogens is 248 g/mol. The van der Waals surface area contributed by atoms with Gasteiger partial charge in [-0.05, 0) is 5.75 Å². The van der Waals surface area contributed by atoms with E-state index in [1.54, 1.807) is 0 Å². The summed E-state index contributed by atoms with van der Waals surface area (Å²) in [7, 11) is 0. The SMILES string of the molecule is CCSC(C)CSCC1CSCCS1. The smallest absolute Gasteiger partial charge is 0.0229 e. The lowest BCUT2D eigenvalue weighted by atomic mass is 10.5. The molecule has 0 N–H and O–H groups in total. The molecule has 0 radical (unpaired) electrons. The summed E-state index contributed by atoms with van der Waals surface area (Å²) in [5.41, 5.74) is 0. The monoisotopic (exact) mass is 268 g/mol. The van der Waals surface area contributed by atoms with E-state index < -0.39 is 0 Å². The highest BCUT2D eigenvalue weighted by molar-refractivity contribution is 8.08. The lowest BCUT2D eigenvalue weighted by Gasteiger charge is -2.21. The molecular formula is C10H20S4. The first kappa shape index (κ1) is 13.5. The van der Waals surface area contributed by atoms with Crippen molar-refractivity contribution in [2.24, 2.45) is 0 Å². The maximum Gasteiger partial charge on any atom is 0.0229 e. The number of hydrogen-bond donors (Lipinski definition) is 0. The third-order valence-corrected chi connectivity index (χ3v) is 7.70. The van der Waals surface area contributed by atoms with Crippen LogP contribution in [0.5, 0.6) is 0 Å². The van der Waals surface area contributed by atoms with Gasteiger partial charge in [0.25, 0.3) is 0 Å². The first-order valence-electron chi connectivity index (χ1n) is 5.21. The van der Waals surface area contributed by atoms with E-state index in [1.807, 2.05) is 0 Å². The van der Waals surface area contributed by atoms with Crippen molar-refractivity contribution in [3.63, 3.8) is 0 Å². The molecule has 1 fully saturated rings. The van der Waals surface area contributed by atoms with Gasteiger partial charge in [0.15, 0.2) is 0 Å². The highest BCUT2D eigenvalue weighted by Crippen LogP contribution is 2.27. The maximum atomic E-state index is 2.35. The first-order chi connectivity index (χ1) is 6.83. The second kappa shape index (κ2) is 8.54. The lowest BCUT2D eigenvalue weighted by Crippen LogP contribution is -2.17. The van der Waals surface area contributed by atoms with Crippen LogP contribution in [-0.4, -0.2) is 45.0 Å². The molecule has 1 aliphatic rings. The summed E-state index contributed by atoms with van der Waals surface area (Å²) in [6.45, 7) is 4.60. The molecule has 0 saturated carbocycles. The fraction of sp³-hybridized carbons (Fsp3) is 1.00. The van der Waals surface area contributed by atoms with Gasteiger partial charge in [-0.3, -0.25) is 0 Å². The van der Waals surface area contributed by atoms with Crippen molar-refractivity contribution < 1.29 is 0 Å². The van der Waals surface area contributed by atoms with E-state index in [9.17, 15) is 0 Å². The van der Waals surface area contributed by atoms with Crippen LogP contribution in [0, 0.1) is 0 Å². The van der Waals surface area contributed by atoms with Crippen LogP contribution in [-0.2, 0) is 0 Å². The zero-order valence-electron chi connectivity index (χ0n) is 9.03. The summed E-state index contributed by atoms with van der Waals surface area (Å²) in [6, 6.07) is 0. The molecule has 4 heteroatoms. The molecule has 1 rings (SSSR count). The highest BCUT2D eigenvalue weighted by atomic mass is 32.2. The predicted molar refractivity (Wildman–Crippen MR) is 78.5 cm³/mol.